The van der Waals surface area contributed by atoms with Crippen molar-refractivity contribution in [2.75, 3.05) is 5.88 Å². The van der Waals surface area contributed by atoms with Gasteiger partial charge in [-0.25, -0.2) is 0 Å². The molecule has 0 unspecified atom stereocenters. The minimum absolute atomic E-state index is 0.603. The zero-order valence-electron chi connectivity index (χ0n) is 5.53. The fourth-order valence-electron chi connectivity index (χ4n) is 0.389. The molecular formula is C5H10BClO3. The van der Waals surface area contributed by atoms with Crippen molar-refractivity contribution in [2.24, 2.45) is 0 Å². The van der Waals surface area contributed by atoms with Crippen molar-refractivity contribution in [3.05, 3.63) is 12.3 Å². The molecule has 0 bridgehead atoms. The van der Waals surface area contributed by atoms with Crippen molar-refractivity contribution in [3.8, 4) is 0 Å². The summed E-state index contributed by atoms with van der Waals surface area (Å²) in [6.07, 6.45) is 4.58. The van der Waals surface area contributed by atoms with Gasteiger partial charge in [-0.05, 0) is 12.8 Å². The predicted molar refractivity (Wildman–Crippen MR) is 40.4 cm³/mol. The molecule has 0 amide bonds. The number of alkyl halides is 1. The van der Waals surface area contributed by atoms with Crippen LogP contribution in [0, 0.1) is 0 Å². The highest BCUT2D eigenvalue weighted by Crippen LogP contribution is 1.93. The Hall–Kier alpha value is -0.185. The molecule has 0 saturated carbocycles. The largest absolute Gasteiger partial charge is 0.707 e. The van der Waals surface area contributed by atoms with Crippen LogP contribution >= 0.6 is 11.6 Å². The summed E-state index contributed by atoms with van der Waals surface area (Å²) >= 11 is 5.37. The molecule has 0 aromatic carbocycles. The Bertz CT molecular complexity index is 96.9. The van der Waals surface area contributed by atoms with Crippen LogP contribution in [-0.4, -0.2) is 23.2 Å². The topological polar surface area (TPSA) is 49.7 Å². The van der Waals surface area contributed by atoms with Gasteiger partial charge in [0.25, 0.3) is 0 Å². The van der Waals surface area contributed by atoms with Crippen LogP contribution in [0.15, 0.2) is 12.3 Å². The molecule has 0 atom stereocenters. The van der Waals surface area contributed by atoms with E-state index in [2.05, 4.69) is 4.65 Å². The molecule has 58 valence electrons. The van der Waals surface area contributed by atoms with Gasteiger partial charge in [0.2, 0.25) is 0 Å². The van der Waals surface area contributed by atoms with Gasteiger partial charge in [0.1, 0.15) is 0 Å². The smallest absolute Gasteiger partial charge is 0.519 e. The third-order valence-electron chi connectivity index (χ3n) is 0.801. The van der Waals surface area contributed by atoms with Gasteiger partial charge in [-0.15, -0.1) is 11.6 Å². The SMILES string of the molecule is OB(O)O/C=C/CCCCl. The molecule has 0 rings (SSSR count). The normalized spacial score (nSPS) is 10.3. The van der Waals surface area contributed by atoms with Gasteiger partial charge >= 0.3 is 7.32 Å². The number of rotatable bonds is 5. The standard InChI is InChI=1S/C5H10BClO3/c7-4-2-1-3-5-10-6(8)9/h3,5,8-9H,1-2,4H2/b5-3+. The summed E-state index contributed by atoms with van der Waals surface area (Å²) in [7, 11) is -1.72. The molecule has 0 saturated heterocycles. The zero-order chi connectivity index (χ0) is 7.82. The third-order valence-corrected chi connectivity index (χ3v) is 1.07. The second-order valence-electron chi connectivity index (χ2n) is 1.67. The molecule has 0 aliphatic carbocycles. The quantitative estimate of drug-likeness (QED) is 0.269. The Balaban J connectivity index is 3.04. The first-order chi connectivity index (χ1) is 4.77. The molecule has 0 spiro atoms. The van der Waals surface area contributed by atoms with Crippen molar-refractivity contribution >= 4 is 18.9 Å². The molecule has 2 N–H and O–H groups in total. The molecule has 3 nitrogen and oxygen atoms in total. The molecule has 0 fully saturated rings. The average molecular weight is 164 g/mol. The summed E-state index contributed by atoms with van der Waals surface area (Å²) in [6, 6.07) is 0. The van der Waals surface area contributed by atoms with E-state index in [0.717, 1.165) is 12.8 Å². The van der Waals surface area contributed by atoms with Gasteiger partial charge in [0, 0.05) is 5.88 Å². The number of hydrogen-bond donors (Lipinski definition) is 2. The fourth-order valence-corrected chi connectivity index (χ4v) is 0.543. The third kappa shape index (κ3) is 7.81. The summed E-state index contributed by atoms with van der Waals surface area (Å²) in [6.45, 7) is 0. The molecule has 0 heterocycles. The van der Waals surface area contributed by atoms with Crippen LogP contribution in [0.3, 0.4) is 0 Å². The van der Waals surface area contributed by atoms with Crippen LogP contribution in [-0.2, 0) is 4.65 Å². The Morgan fingerprint density at radius 3 is 2.70 bits per heavy atom. The van der Waals surface area contributed by atoms with E-state index < -0.39 is 7.32 Å². The lowest BCUT2D eigenvalue weighted by molar-refractivity contribution is 0.257. The summed E-state index contributed by atoms with van der Waals surface area (Å²) in [5.41, 5.74) is 0. The predicted octanol–water partition coefficient (Wildman–Crippen LogP) is 0.505. The summed E-state index contributed by atoms with van der Waals surface area (Å²) in [4.78, 5) is 0. The first kappa shape index (κ1) is 9.81. The second-order valence-corrected chi connectivity index (χ2v) is 2.04. The zero-order valence-corrected chi connectivity index (χ0v) is 6.29. The lowest BCUT2D eigenvalue weighted by Gasteiger charge is -1.94. The van der Waals surface area contributed by atoms with E-state index in [1.807, 2.05) is 0 Å². The average Bonchev–Trinajstić information content (AvgIpc) is 1.87. The van der Waals surface area contributed by atoms with E-state index >= 15 is 0 Å². The first-order valence-electron chi connectivity index (χ1n) is 3.00. The monoisotopic (exact) mass is 164 g/mol. The van der Waals surface area contributed by atoms with Gasteiger partial charge in [-0.3, -0.25) is 0 Å². The van der Waals surface area contributed by atoms with E-state index in [0.29, 0.717) is 5.88 Å². The Labute approximate surface area is 65.4 Å². The number of unbranched alkanes of at least 4 members (excludes halogenated alkanes) is 1. The van der Waals surface area contributed by atoms with Crippen molar-refractivity contribution in [2.45, 2.75) is 12.8 Å². The molecular weight excluding hydrogens is 154 g/mol. The van der Waals surface area contributed by atoms with Crippen LogP contribution in [0.1, 0.15) is 12.8 Å². The van der Waals surface area contributed by atoms with Gasteiger partial charge in [0.05, 0.1) is 6.26 Å². The van der Waals surface area contributed by atoms with E-state index in [1.54, 1.807) is 6.08 Å². The van der Waals surface area contributed by atoms with Crippen molar-refractivity contribution in [1.82, 2.24) is 0 Å². The maximum atomic E-state index is 8.16. The van der Waals surface area contributed by atoms with Gasteiger partial charge in [-0.1, -0.05) is 6.08 Å². The van der Waals surface area contributed by atoms with Crippen LogP contribution in [0.4, 0.5) is 0 Å². The van der Waals surface area contributed by atoms with Crippen molar-refractivity contribution in [1.29, 1.82) is 0 Å². The summed E-state index contributed by atoms with van der Waals surface area (Å²) < 4.78 is 4.28. The molecule has 0 aliphatic rings. The Morgan fingerprint density at radius 2 is 2.20 bits per heavy atom. The summed E-state index contributed by atoms with van der Waals surface area (Å²) in [5, 5.41) is 16.3. The lowest BCUT2D eigenvalue weighted by Crippen LogP contribution is -2.12. The molecule has 0 aliphatic heterocycles. The van der Waals surface area contributed by atoms with E-state index in [-0.39, 0.29) is 0 Å². The minimum atomic E-state index is -1.72. The van der Waals surface area contributed by atoms with Crippen LogP contribution in [0.25, 0.3) is 0 Å². The van der Waals surface area contributed by atoms with Crippen LogP contribution < -0.4 is 0 Å². The fraction of sp³-hybridized carbons (Fsp3) is 0.600. The molecule has 0 aromatic rings. The number of allylic oxidation sites excluding steroid dienone is 1. The molecule has 10 heavy (non-hydrogen) atoms. The lowest BCUT2D eigenvalue weighted by atomic mass is 10.3. The van der Waals surface area contributed by atoms with Crippen molar-refractivity contribution in [3.63, 3.8) is 0 Å². The van der Waals surface area contributed by atoms with E-state index in [1.165, 1.54) is 6.26 Å². The highest BCUT2D eigenvalue weighted by molar-refractivity contribution is 6.32. The van der Waals surface area contributed by atoms with E-state index in [4.69, 9.17) is 21.6 Å². The van der Waals surface area contributed by atoms with Gasteiger partial charge in [0.15, 0.2) is 0 Å². The maximum absolute atomic E-state index is 8.16. The minimum Gasteiger partial charge on any atom is -0.519 e. The van der Waals surface area contributed by atoms with Crippen molar-refractivity contribution < 1.29 is 14.7 Å². The highest BCUT2D eigenvalue weighted by Gasteiger charge is 2.05. The molecule has 0 radical (unpaired) electrons. The van der Waals surface area contributed by atoms with Crippen LogP contribution in [0.2, 0.25) is 0 Å². The second kappa shape index (κ2) is 6.93. The number of halogens is 1. The Morgan fingerprint density at radius 1 is 1.50 bits per heavy atom. The number of hydrogen-bond acceptors (Lipinski definition) is 3. The molecule has 5 heteroatoms. The molecule has 0 aromatic heterocycles. The van der Waals surface area contributed by atoms with E-state index in [9.17, 15) is 0 Å². The van der Waals surface area contributed by atoms with Crippen LogP contribution in [0.5, 0.6) is 0 Å². The Kier molecular flexibility index (Phi) is 6.80. The maximum Gasteiger partial charge on any atom is 0.707 e. The first-order valence-corrected chi connectivity index (χ1v) is 3.53. The highest BCUT2D eigenvalue weighted by atomic mass is 35.5. The van der Waals surface area contributed by atoms with Gasteiger partial charge < -0.3 is 14.7 Å². The summed E-state index contributed by atoms with van der Waals surface area (Å²) in [5.74, 6) is 0.603. The van der Waals surface area contributed by atoms with Gasteiger partial charge in [-0.2, -0.15) is 0 Å².